The number of halogens is 1. The van der Waals surface area contributed by atoms with E-state index in [0.29, 0.717) is 42.8 Å². The molecule has 0 aliphatic carbocycles. The second-order valence-corrected chi connectivity index (χ2v) is 8.26. The first-order valence-corrected chi connectivity index (χ1v) is 11.4. The number of aromatic nitrogens is 2. The first kappa shape index (κ1) is 25.0. The van der Waals surface area contributed by atoms with Crippen molar-refractivity contribution in [2.24, 2.45) is 5.73 Å². The molecule has 1 aromatic carbocycles. The number of hydrogen-bond donors (Lipinski definition) is 4. The molecule has 3 rings (SSSR count). The summed E-state index contributed by atoms with van der Waals surface area (Å²) in [6.07, 6.45) is 1.16. The van der Waals surface area contributed by atoms with Gasteiger partial charge < -0.3 is 31.1 Å². The molecular formula is C22H32ClN7O3. The molecule has 2 aromatic rings. The zero-order valence-corrected chi connectivity index (χ0v) is 19.6. The van der Waals surface area contributed by atoms with Crippen molar-refractivity contribution in [3.8, 4) is 5.75 Å². The Morgan fingerprint density at radius 3 is 2.82 bits per heavy atom. The van der Waals surface area contributed by atoms with Crippen LogP contribution in [0.15, 0.2) is 30.5 Å². The summed E-state index contributed by atoms with van der Waals surface area (Å²) in [7, 11) is 1.66. The van der Waals surface area contributed by atoms with E-state index in [1.165, 1.54) is 0 Å². The predicted octanol–water partition coefficient (Wildman–Crippen LogP) is 0.351. The number of nitrogens with one attached hydrogen (secondary N) is 2. The highest BCUT2D eigenvalue weighted by atomic mass is 35.5. The molecule has 0 spiro atoms. The van der Waals surface area contributed by atoms with E-state index in [1.54, 1.807) is 19.4 Å². The number of methoxy groups -OCH3 is 1. The van der Waals surface area contributed by atoms with Crippen molar-refractivity contribution in [3.63, 3.8) is 0 Å². The van der Waals surface area contributed by atoms with Crippen LogP contribution >= 0.6 is 11.6 Å². The molecule has 1 saturated heterocycles. The Morgan fingerprint density at radius 2 is 2.09 bits per heavy atom. The third-order valence-electron chi connectivity index (χ3n) is 5.34. The van der Waals surface area contributed by atoms with Gasteiger partial charge in [-0.3, -0.25) is 9.69 Å². The van der Waals surface area contributed by atoms with Gasteiger partial charge in [-0.15, -0.1) is 0 Å². The standard InChI is InChI=1S/C22H32ClN7O3/c1-33-20-3-2-16(23)12-19(20)30-10-8-29(9-11-30)15-18(31)14-27-22-26-6-4-17(28-22)13-21(32)25-7-5-24/h2-4,6,12,18,31H,5,7-11,13-15,24H2,1H3,(H,25,32)(H,26,27,28). The number of hydrogen-bond acceptors (Lipinski definition) is 9. The number of carbonyl (C=O) groups excluding carboxylic acids is 1. The van der Waals surface area contributed by atoms with E-state index < -0.39 is 6.10 Å². The molecule has 1 atom stereocenters. The van der Waals surface area contributed by atoms with Gasteiger partial charge >= 0.3 is 0 Å². The number of anilines is 2. The minimum atomic E-state index is -0.586. The average Bonchev–Trinajstić information content (AvgIpc) is 2.82. The highest BCUT2D eigenvalue weighted by Gasteiger charge is 2.22. The molecular weight excluding hydrogens is 446 g/mol. The topological polar surface area (TPSA) is 129 Å². The SMILES string of the molecule is COc1ccc(Cl)cc1N1CCN(CC(O)CNc2nccc(CC(=O)NCCN)n2)CC1. The van der Waals surface area contributed by atoms with Crippen molar-refractivity contribution in [2.75, 3.05) is 69.7 Å². The molecule has 2 heterocycles. The maximum atomic E-state index is 11.8. The van der Waals surface area contributed by atoms with Crippen LogP contribution in [-0.2, 0) is 11.2 Å². The Labute approximate surface area is 199 Å². The lowest BCUT2D eigenvalue weighted by Crippen LogP contribution is -2.49. The summed E-state index contributed by atoms with van der Waals surface area (Å²) >= 11 is 6.16. The van der Waals surface area contributed by atoms with Crippen LogP contribution in [0.25, 0.3) is 0 Å². The second kappa shape index (κ2) is 12.5. The van der Waals surface area contributed by atoms with Crippen LogP contribution < -0.4 is 26.0 Å². The highest BCUT2D eigenvalue weighted by molar-refractivity contribution is 6.30. The van der Waals surface area contributed by atoms with Gasteiger partial charge in [0, 0.05) is 63.6 Å². The fourth-order valence-electron chi connectivity index (χ4n) is 3.67. The Kier molecular flexibility index (Phi) is 9.49. The molecule has 0 saturated carbocycles. The van der Waals surface area contributed by atoms with Crippen molar-refractivity contribution in [2.45, 2.75) is 12.5 Å². The van der Waals surface area contributed by atoms with Crippen LogP contribution in [-0.4, -0.2) is 91.5 Å². The molecule has 33 heavy (non-hydrogen) atoms. The van der Waals surface area contributed by atoms with Gasteiger partial charge in [-0.1, -0.05) is 11.6 Å². The van der Waals surface area contributed by atoms with Crippen LogP contribution in [0, 0.1) is 0 Å². The molecule has 10 nitrogen and oxygen atoms in total. The molecule has 180 valence electrons. The van der Waals surface area contributed by atoms with Gasteiger partial charge in [-0.2, -0.15) is 0 Å². The molecule has 0 radical (unpaired) electrons. The minimum absolute atomic E-state index is 0.139. The molecule has 11 heteroatoms. The zero-order valence-electron chi connectivity index (χ0n) is 18.8. The molecule has 0 bridgehead atoms. The van der Waals surface area contributed by atoms with Crippen LogP contribution in [0.3, 0.4) is 0 Å². The predicted molar refractivity (Wildman–Crippen MR) is 129 cm³/mol. The van der Waals surface area contributed by atoms with E-state index in [0.717, 1.165) is 37.6 Å². The van der Waals surface area contributed by atoms with Crippen molar-refractivity contribution >= 4 is 29.1 Å². The van der Waals surface area contributed by atoms with E-state index in [4.69, 9.17) is 22.1 Å². The quantitative estimate of drug-likeness (QED) is 0.362. The molecule has 1 aliphatic rings. The number of β-amino-alcohol motifs (C(OH)–C–C–N with tert-alkyl or cyclic N) is 1. The Morgan fingerprint density at radius 1 is 1.30 bits per heavy atom. The largest absolute Gasteiger partial charge is 0.495 e. The van der Waals surface area contributed by atoms with Gasteiger partial charge in [0.1, 0.15) is 5.75 Å². The average molecular weight is 478 g/mol. The van der Waals surface area contributed by atoms with Crippen molar-refractivity contribution in [1.29, 1.82) is 0 Å². The lowest BCUT2D eigenvalue weighted by molar-refractivity contribution is -0.120. The van der Waals surface area contributed by atoms with E-state index in [-0.39, 0.29) is 12.3 Å². The lowest BCUT2D eigenvalue weighted by Gasteiger charge is -2.37. The number of aliphatic hydroxyl groups excluding tert-OH is 1. The Hall–Kier alpha value is -2.66. The number of benzene rings is 1. The fourth-order valence-corrected chi connectivity index (χ4v) is 3.84. The van der Waals surface area contributed by atoms with Crippen LogP contribution in [0.1, 0.15) is 5.69 Å². The smallest absolute Gasteiger partial charge is 0.226 e. The third kappa shape index (κ3) is 7.71. The molecule has 1 amide bonds. The van der Waals surface area contributed by atoms with E-state index >= 15 is 0 Å². The highest BCUT2D eigenvalue weighted by Crippen LogP contribution is 2.31. The Balaban J connectivity index is 1.43. The van der Waals surface area contributed by atoms with Crippen molar-refractivity contribution in [3.05, 3.63) is 41.2 Å². The number of rotatable bonds is 11. The number of ether oxygens (including phenoxy) is 1. The number of piperazine rings is 1. The number of nitrogens with two attached hydrogens (primary N) is 1. The maximum Gasteiger partial charge on any atom is 0.226 e. The first-order chi connectivity index (χ1) is 16.0. The van der Waals surface area contributed by atoms with Gasteiger partial charge in [0.2, 0.25) is 11.9 Å². The first-order valence-electron chi connectivity index (χ1n) is 11.0. The minimum Gasteiger partial charge on any atom is -0.495 e. The zero-order chi connectivity index (χ0) is 23.6. The van der Waals surface area contributed by atoms with Crippen molar-refractivity contribution < 1.29 is 14.6 Å². The number of nitrogens with zero attached hydrogens (tertiary/aromatic N) is 4. The summed E-state index contributed by atoms with van der Waals surface area (Å²) < 4.78 is 5.46. The summed E-state index contributed by atoms with van der Waals surface area (Å²) in [5, 5.41) is 16.9. The van der Waals surface area contributed by atoms with Gasteiger partial charge in [-0.05, 0) is 24.3 Å². The summed E-state index contributed by atoms with van der Waals surface area (Å²) in [5.41, 5.74) is 6.98. The van der Waals surface area contributed by atoms with E-state index in [2.05, 4.69) is 30.4 Å². The van der Waals surface area contributed by atoms with Crippen LogP contribution in [0.4, 0.5) is 11.6 Å². The second-order valence-electron chi connectivity index (χ2n) is 7.83. The van der Waals surface area contributed by atoms with Crippen LogP contribution in [0.2, 0.25) is 5.02 Å². The number of carbonyl (C=O) groups is 1. The number of aliphatic hydroxyl groups is 1. The molecule has 1 unspecified atom stereocenters. The molecule has 1 aromatic heterocycles. The monoisotopic (exact) mass is 477 g/mol. The maximum absolute atomic E-state index is 11.8. The Bertz CT molecular complexity index is 909. The fraction of sp³-hybridized carbons (Fsp3) is 0.500. The normalized spacial score (nSPS) is 15.2. The van der Waals surface area contributed by atoms with Gasteiger partial charge in [0.25, 0.3) is 0 Å². The van der Waals surface area contributed by atoms with Gasteiger partial charge in [-0.25, -0.2) is 9.97 Å². The lowest BCUT2D eigenvalue weighted by atomic mass is 10.2. The van der Waals surface area contributed by atoms with E-state index in [1.807, 2.05) is 18.2 Å². The van der Waals surface area contributed by atoms with Crippen molar-refractivity contribution in [1.82, 2.24) is 20.2 Å². The number of amides is 1. The summed E-state index contributed by atoms with van der Waals surface area (Å²) in [6.45, 7) is 4.93. The van der Waals surface area contributed by atoms with Gasteiger partial charge in [0.15, 0.2) is 0 Å². The molecule has 1 fully saturated rings. The van der Waals surface area contributed by atoms with E-state index in [9.17, 15) is 9.90 Å². The summed E-state index contributed by atoms with van der Waals surface area (Å²) in [4.78, 5) is 24.8. The van der Waals surface area contributed by atoms with Gasteiger partial charge in [0.05, 0.1) is 31.0 Å². The van der Waals surface area contributed by atoms with Crippen LogP contribution in [0.5, 0.6) is 5.75 Å². The molecule has 1 aliphatic heterocycles. The summed E-state index contributed by atoms with van der Waals surface area (Å²) in [6, 6.07) is 7.31. The third-order valence-corrected chi connectivity index (χ3v) is 5.58. The molecule has 5 N–H and O–H groups in total. The summed E-state index contributed by atoms with van der Waals surface area (Å²) in [5.74, 6) is 1.05.